The van der Waals surface area contributed by atoms with Crippen molar-refractivity contribution in [1.29, 1.82) is 0 Å². The van der Waals surface area contributed by atoms with Gasteiger partial charge in [0.2, 0.25) is 0 Å². The fourth-order valence-electron chi connectivity index (χ4n) is 2.37. The minimum Gasteiger partial charge on any atom is -0.469 e. The molecular weight excluding hydrogens is 300 g/mol. The Kier molecular flexibility index (Phi) is 11.7. The molecule has 1 heterocycles. The van der Waals surface area contributed by atoms with Crippen molar-refractivity contribution in [1.82, 2.24) is 0 Å². The van der Waals surface area contributed by atoms with E-state index in [9.17, 15) is 4.79 Å². The summed E-state index contributed by atoms with van der Waals surface area (Å²) in [5.74, 6) is -0.129. The molecule has 0 saturated carbocycles. The van der Waals surface area contributed by atoms with Gasteiger partial charge < -0.3 is 9.47 Å². The number of esters is 1. The number of carbonyl (C=O) groups is 1. The summed E-state index contributed by atoms with van der Waals surface area (Å²) in [4.78, 5) is 10.9. The minimum atomic E-state index is -0.129. The van der Waals surface area contributed by atoms with Crippen LogP contribution in [0.4, 0.5) is 0 Å². The molecule has 0 radical (unpaired) electrons. The molecular formula is C21H32O3. The number of ether oxygens (including phenoxy) is 2. The van der Waals surface area contributed by atoms with Gasteiger partial charge in [0.1, 0.15) is 0 Å². The van der Waals surface area contributed by atoms with Gasteiger partial charge in [-0.3, -0.25) is 4.79 Å². The van der Waals surface area contributed by atoms with Gasteiger partial charge in [0, 0.05) is 6.42 Å². The van der Waals surface area contributed by atoms with E-state index in [1.807, 2.05) is 0 Å². The molecule has 0 aliphatic carbocycles. The lowest BCUT2D eigenvalue weighted by molar-refractivity contribution is -0.140. The third-order valence-electron chi connectivity index (χ3n) is 3.92. The Morgan fingerprint density at radius 1 is 0.917 bits per heavy atom. The molecule has 1 fully saturated rings. The van der Waals surface area contributed by atoms with Crippen LogP contribution in [0, 0.1) is 0 Å². The number of unbranched alkanes of at least 4 members (excludes halogenated alkanes) is 1. The number of rotatable bonds is 13. The minimum absolute atomic E-state index is 0.129. The van der Waals surface area contributed by atoms with Crippen LogP contribution in [0.15, 0.2) is 48.6 Å². The molecule has 2 atom stereocenters. The van der Waals surface area contributed by atoms with Gasteiger partial charge in [-0.15, -0.1) is 0 Å². The largest absolute Gasteiger partial charge is 0.469 e. The van der Waals surface area contributed by atoms with Crippen molar-refractivity contribution in [3.05, 3.63) is 48.6 Å². The molecule has 3 heteroatoms. The predicted octanol–water partition coefficient (Wildman–Crippen LogP) is 5.29. The maximum absolute atomic E-state index is 10.9. The van der Waals surface area contributed by atoms with E-state index in [0.717, 1.165) is 44.9 Å². The smallest absolute Gasteiger partial charge is 0.305 e. The van der Waals surface area contributed by atoms with Crippen molar-refractivity contribution in [2.24, 2.45) is 0 Å². The summed E-state index contributed by atoms with van der Waals surface area (Å²) in [5, 5.41) is 0. The van der Waals surface area contributed by atoms with Crippen LogP contribution in [0.2, 0.25) is 0 Å². The molecule has 0 aromatic rings. The van der Waals surface area contributed by atoms with Crippen LogP contribution in [-0.4, -0.2) is 25.3 Å². The Morgan fingerprint density at radius 3 is 2.04 bits per heavy atom. The number of methoxy groups -OCH3 is 1. The number of carbonyl (C=O) groups excluding carboxylic acids is 1. The maximum atomic E-state index is 10.9. The van der Waals surface area contributed by atoms with Crippen molar-refractivity contribution in [3.63, 3.8) is 0 Å². The SMILES string of the molecule is CC[C@@H]1O[C@@H]1C/C=C\C/C=C\C/C=C\C/C=C\CCCC(=O)OC. The average Bonchev–Trinajstić information content (AvgIpc) is 3.36. The first-order valence-electron chi connectivity index (χ1n) is 9.10. The summed E-state index contributed by atoms with van der Waals surface area (Å²) in [6.07, 6.45) is 25.9. The Balaban J connectivity index is 1.90. The summed E-state index contributed by atoms with van der Waals surface area (Å²) >= 11 is 0. The molecule has 1 aliphatic rings. The zero-order chi connectivity index (χ0) is 17.5. The molecule has 0 N–H and O–H groups in total. The Morgan fingerprint density at radius 2 is 1.50 bits per heavy atom. The second-order valence-electron chi connectivity index (χ2n) is 5.92. The lowest BCUT2D eigenvalue weighted by Gasteiger charge is -1.95. The predicted molar refractivity (Wildman–Crippen MR) is 99.8 cm³/mol. The van der Waals surface area contributed by atoms with E-state index < -0.39 is 0 Å². The number of hydrogen-bond donors (Lipinski definition) is 0. The molecule has 134 valence electrons. The normalized spacial score (nSPS) is 20.8. The van der Waals surface area contributed by atoms with Gasteiger partial charge in [-0.25, -0.2) is 0 Å². The van der Waals surface area contributed by atoms with E-state index in [0.29, 0.717) is 18.6 Å². The topological polar surface area (TPSA) is 38.8 Å². The van der Waals surface area contributed by atoms with Crippen LogP contribution < -0.4 is 0 Å². The highest BCUT2D eigenvalue weighted by Crippen LogP contribution is 2.28. The Labute approximate surface area is 147 Å². The number of epoxide rings is 1. The van der Waals surface area contributed by atoms with Crippen molar-refractivity contribution in [3.8, 4) is 0 Å². The van der Waals surface area contributed by atoms with E-state index in [2.05, 4.69) is 60.3 Å². The third-order valence-corrected chi connectivity index (χ3v) is 3.92. The first-order valence-corrected chi connectivity index (χ1v) is 9.10. The molecule has 0 aromatic heterocycles. The summed E-state index contributed by atoms with van der Waals surface area (Å²) in [7, 11) is 1.43. The lowest BCUT2D eigenvalue weighted by Crippen LogP contribution is -1.98. The van der Waals surface area contributed by atoms with E-state index in [-0.39, 0.29) is 5.97 Å². The molecule has 3 nitrogen and oxygen atoms in total. The van der Waals surface area contributed by atoms with Crippen molar-refractivity contribution in [2.75, 3.05) is 7.11 Å². The number of allylic oxidation sites excluding steroid dienone is 7. The van der Waals surface area contributed by atoms with E-state index in [1.165, 1.54) is 7.11 Å². The maximum Gasteiger partial charge on any atom is 0.305 e. The van der Waals surface area contributed by atoms with Gasteiger partial charge in [0.15, 0.2) is 0 Å². The second kappa shape index (κ2) is 13.8. The zero-order valence-electron chi connectivity index (χ0n) is 15.2. The van der Waals surface area contributed by atoms with Gasteiger partial charge in [-0.05, 0) is 44.9 Å². The van der Waals surface area contributed by atoms with Crippen LogP contribution in [-0.2, 0) is 14.3 Å². The molecule has 1 rings (SSSR count). The van der Waals surface area contributed by atoms with Crippen molar-refractivity contribution < 1.29 is 14.3 Å². The summed E-state index contributed by atoms with van der Waals surface area (Å²) in [5.41, 5.74) is 0. The van der Waals surface area contributed by atoms with Crippen LogP contribution in [0.1, 0.15) is 58.3 Å². The van der Waals surface area contributed by atoms with Crippen LogP contribution >= 0.6 is 0 Å². The first-order chi connectivity index (χ1) is 11.8. The molecule has 0 aromatic carbocycles. The molecule has 0 unspecified atom stereocenters. The van der Waals surface area contributed by atoms with Crippen molar-refractivity contribution in [2.45, 2.75) is 70.5 Å². The lowest BCUT2D eigenvalue weighted by atomic mass is 10.2. The first kappa shape index (κ1) is 20.4. The molecule has 1 saturated heterocycles. The molecule has 24 heavy (non-hydrogen) atoms. The molecule has 0 spiro atoms. The van der Waals surface area contributed by atoms with Gasteiger partial charge in [0.25, 0.3) is 0 Å². The monoisotopic (exact) mass is 332 g/mol. The highest BCUT2D eigenvalue weighted by atomic mass is 16.6. The highest BCUT2D eigenvalue weighted by Gasteiger charge is 2.35. The standard InChI is InChI=1S/C21H32O3/c1-3-19-20(24-19)17-15-13-11-9-7-5-4-6-8-10-12-14-16-18-21(22)23-2/h4,6-7,9-10,12-13,15,19-20H,3,5,8,11,14,16-18H2,1-2H3/b6-4-,9-7-,12-10-,15-13-/t19-,20+/m0/s1. The van der Waals surface area contributed by atoms with Crippen LogP contribution in [0.25, 0.3) is 0 Å². The van der Waals surface area contributed by atoms with Crippen LogP contribution in [0.3, 0.4) is 0 Å². The third kappa shape index (κ3) is 11.0. The Bertz CT molecular complexity index is 446. The zero-order valence-corrected chi connectivity index (χ0v) is 15.2. The highest BCUT2D eigenvalue weighted by molar-refractivity contribution is 5.69. The average molecular weight is 332 g/mol. The van der Waals surface area contributed by atoms with Crippen molar-refractivity contribution >= 4 is 5.97 Å². The van der Waals surface area contributed by atoms with Crippen LogP contribution in [0.5, 0.6) is 0 Å². The fourth-order valence-corrected chi connectivity index (χ4v) is 2.37. The summed E-state index contributed by atoms with van der Waals surface area (Å²) < 4.78 is 10.1. The van der Waals surface area contributed by atoms with E-state index in [1.54, 1.807) is 0 Å². The van der Waals surface area contributed by atoms with Gasteiger partial charge in [-0.2, -0.15) is 0 Å². The Hall–Kier alpha value is -1.61. The molecule has 0 bridgehead atoms. The molecule has 0 amide bonds. The quantitative estimate of drug-likeness (QED) is 0.199. The number of hydrogen-bond acceptors (Lipinski definition) is 3. The second-order valence-corrected chi connectivity index (χ2v) is 5.92. The van der Waals surface area contributed by atoms with Gasteiger partial charge >= 0.3 is 5.97 Å². The van der Waals surface area contributed by atoms with Gasteiger partial charge in [0.05, 0.1) is 19.3 Å². The molecule has 1 aliphatic heterocycles. The van der Waals surface area contributed by atoms with E-state index >= 15 is 0 Å². The summed E-state index contributed by atoms with van der Waals surface area (Å²) in [6, 6.07) is 0. The summed E-state index contributed by atoms with van der Waals surface area (Å²) in [6.45, 7) is 2.17. The van der Waals surface area contributed by atoms with E-state index in [4.69, 9.17) is 4.74 Å². The fraction of sp³-hybridized carbons (Fsp3) is 0.571. The van der Waals surface area contributed by atoms with Gasteiger partial charge in [-0.1, -0.05) is 55.5 Å².